The van der Waals surface area contributed by atoms with Gasteiger partial charge in [-0.2, -0.15) is 0 Å². The molecule has 9 heteroatoms. The topological polar surface area (TPSA) is 109 Å². The van der Waals surface area contributed by atoms with Gasteiger partial charge in [-0.25, -0.2) is 4.99 Å². The van der Waals surface area contributed by atoms with Crippen molar-refractivity contribution in [1.29, 1.82) is 0 Å². The molecule has 1 aliphatic rings. The third kappa shape index (κ3) is 2.38. The number of aromatic amines is 1. The number of aromatic nitrogens is 1. The van der Waals surface area contributed by atoms with Gasteiger partial charge in [0.2, 0.25) is 5.78 Å². The molecule has 0 aliphatic carbocycles. The van der Waals surface area contributed by atoms with E-state index in [0.717, 1.165) is 4.47 Å². The SMILES string of the molecule is O=C1C(c2c(O)[nH]c3c(Br)cc([N+](=O)[O-])cc23)=Nc2ccc(Br)cc21. The molecule has 3 aromatic rings. The van der Waals surface area contributed by atoms with Gasteiger partial charge >= 0.3 is 0 Å². The summed E-state index contributed by atoms with van der Waals surface area (Å²) in [5, 5.41) is 21.8. The lowest BCUT2D eigenvalue weighted by atomic mass is 10.0. The van der Waals surface area contributed by atoms with Gasteiger partial charge in [-0.05, 0) is 34.1 Å². The number of aliphatic imine (C=N–C) groups is 1. The highest BCUT2D eigenvalue weighted by molar-refractivity contribution is 9.11. The van der Waals surface area contributed by atoms with Gasteiger partial charge in [0.05, 0.1) is 27.3 Å². The van der Waals surface area contributed by atoms with Crippen LogP contribution in [0, 0.1) is 10.1 Å². The molecule has 0 amide bonds. The van der Waals surface area contributed by atoms with Crippen molar-refractivity contribution in [3.05, 3.63) is 60.5 Å². The van der Waals surface area contributed by atoms with Crippen molar-refractivity contribution in [1.82, 2.24) is 4.98 Å². The van der Waals surface area contributed by atoms with Crippen LogP contribution in [-0.2, 0) is 0 Å². The number of fused-ring (bicyclic) bond motifs is 2. The van der Waals surface area contributed by atoms with Crippen LogP contribution in [0.2, 0.25) is 0 Å². The highest BCUT2D eigenvalue weighted by Gasteiger charge is 2.31. The average Bonchev–Trinajstić information content (AvgIpc) is 3.05. The largest absolute Gasteiger partial charge is 0.494 e. The lowest BCUT2D eigenvalue weighted by Crippen LogP contribution is -2.10. The standard InChI is InChI=1S/C16H7Br2N3O4/c17-6-1-2-11-8(3-6)15(22)14(19-11)12-9-4-7(21(24)25)5-10(18)13(9)20-16(12)23/h1-5,20,23H. The lowest BCUT2D eigenvalue weighted by molar-refractivity contribution is -0.384. The van der Waals surface area contributed by atoms with Gasteiger partial charge in [0.25, 0.3) is 5.69 Å². The van der Waals surface area contributed by atoms with Crippen LogP contribution < -0.4 is 0 Å². The number of H-pyrrole nitrogens is 1. The molecule has 124 valence electrons. The van der Waals surface area contributed by atoms with E-state index in [1.807, 2.05) is 0 Å². The van der Waals surface area contributed by atoms with Crippen LogP contribution in [0.1, 0.15) is 15.9 Å². The van der Waals surface area contributed by atoms with E-state index in [9.17, 15) is 20.0 Å². The van der Waals surface area contributed by atoms with Gasteiger partial charge < -0.3 is 10.1 Å². The number of hydrogen-bond acceptors (Lipinski definition) is 5. The molecule has 0 unspecified atom stereocenters. The summed E-state index contributed by atoms with van der Waals surface area (Å²) in [6, 6.07) is 7.73. The number of aromatic hydroxyl groups is 1. The number of nitrogens with one attached hydrogen (secondary N) is 1. The zero-order valence-electron chi connectivity index (χ0n) is 12.2. The molecule has 25 heavy (non-hydrogen) atoms. The quantitative estimate of drug-likeness (QED) is 0.425. The number of hydrogen-bond donors (Lipinski definition) is 2. The smallest absolute Gasteiger partial charge is 0.271 e. The number of halogens is 2. The maximum absolute atomic E-state index is 12.7. The van der Waals surface area contributed by atoms with Crippen LogP contribution in [0.25, 0.3) is 10.9 Å². The lowest BCUT2D eigenvalue weighted by Gasteiger charge is -2.00. The van der Waals surface area contributed by atoms with E-state index in [-0.39, 0.29) is 28.6 Å². The Morgan fingerprint density at radius 1 is 1.20 bits per heavy atom. The highest BCUT2D eigenvalue weighted by atomic mass is 79.9. The minimum Gasteiger partial charge on any atom is -0.494 e. The zero-order valence-corrected chi connectivity index (χ0v) is 15.4. The van der Waals surface area contributed by atoms with E-state index < -0.39 is 4.92 Å². The summed E-state index contributed by atoms with van der Waals surface area (Å²) in [7, 11) is 0. The molecule has 1 aliphatic heterocycles. The number of rotatable bonds is 2. The number of ketones is 1. The number of nitrogens with zero attached hydrogens (tertiary/aromatic N) is 2. The number of benzene rings is 2. The molecular formula is C16H7Br2N3O4. The molecule has 2 aromatic carbocycles. The van der Waals surface area contributed by atoms with Crippen molar-refractivity contribution in [2.75, 3.05) is 0 Å². The minimum atomic E-state index is -0.540. The van der Waals surface area contributed by atoms with E-state index >= 15 is 0 Å². The van der Waals surface area contributed by atoms with Crippen molar-refractivity contribution in [2.45, 2.75) is 0 Å². The second kappa shape index (κ2) is 5.50. The Balaban J connectivity index is 1.98. The molecule has 4 rings (SSSR count). The molecule has 2 heterocycles. The van der Waals surface area contributed by atoms with E-state index in [4.69, 9.17) is 0 Å². The Morgan fingerprint density at radius 3 is 2.68 bits per heavy atom. The van der Waals surface area contributed by atoms with Gasteiger partial charge in [-0.1, -0.05) is 15.9 Å². The van der Waals surface area contributed by atoms with Gasteiger partial charge in [-0.3, -0.25) is 14.9 Å². The number of nitro benzene ring substituents is 1. The maximum Gasteiger partial charge on any atom is 0.271 e. The van der Waals surface area contributed by atoms with Gasteiger partial charge in [0.15, 0.2) is 5.88 Å². The minimum absolute atomic E-state index is 0.0456. The maximum atomic E-state index is 12.7. The Bertz CT molecular complexity index is 1130. The Hall–Kier alpha value is -2.52. The van der Waals surface area contributed by atoms with Gasteiger partial charge in [0, 0.05) is 26.5 Å². The highest BCUT2D eigenvalue weighted by Crippen LogP contribution is 2.39. The van der Waals surface area contributed by atoms with Crippen LogP contribution in [0.5, 0.6) is 5.88 Å². The molecule has 0 bridgehead atoms. The third-order valence-electron chi connectivity index (χ3n) is 3.92. The van der Waals surface area contributed by atoms with E-state index in [0.29, 0.717) is 26.6 Å². The number of Topliss-reactive ketones (excluding diaryl/α,β-unsaturated/α-hetero) is 1. The molecule has 0 spiro atoms. The molecule has 1 aromatic heterocycles. The van der Waals surface area contributed by atoms with E-state index in [2.05, 4.69) is 41.8 Å². The summed E-state index contributed by atoms with van der Waals surface area (Å²) in [5.41, 5.74) is 1.38. The molecule has 7 nitrogen and oxygen atoms in total. The van der Waals surface area contributed by atoms with E-state index in [1.54, 1.807) is 18.2 Å². The van der Waals surface area contributed by atoms with Crippen molar-refractivity contribution >= 4 is 65.6 Å². The van der Waals surface area contributed by atoms with Crippen molar-refractivity contribution in [2.24, 2.45) is 4.99 Å². The van der Waals surface area contributed by atoms with Crippen LogP contribution in [-0.4, -0.2) is 26.5 Å². The number of non-ortho nitro benzene ring substituents is 1. The number of carbonyl (C=O) groups is 1. The number of nitro groups is 1. The molecule has 2 N–H and O–H groups in total. The summed E-state index contributed by atoms with van der Waals surface area (Å²) in [6.45, 7) is 0. The summed E-state index contributed by atoms with van der Waals surface area (Å²) >= 11 is 6.56. The summed E-state index contributed by atoms with van der Waals surface area (Å²) in [6.07, 6.45) is 0. The molecule has 0 fully saturated rings. The monoisotopic (exact) mass is 463 g/mol. The number of carbonyl (C=O) groups excluding carboxylic acids is 1. The summed E-state index contributed by atoms with van der Waals surface area (Å²) in [4.78, 5) is 30.4. The Labute approximate surface area is 156 Å². The first-order chi connectivity index (χ1) is 11.9. The molecular weight excluding hydrogens is 458 g/mol. The predicted molar refractivity (Wildman–Crippen MR) is 99.0 cm³/mol. The fourth-order valence-corrected chi connectivity index (χ4v) is 3.73. The van der Waals surface area contributed by atoms with Gasteiger partial charge in [0.1, 0.15) is 5.71 Å². The van der Waals surface area contributed by atoms with Crippen LogP contribution >= 0.6 is 31.9 Å². The van der Waals surface area contributed by atoms with Crippen molar-refractivity contribution in [3.63, 3.8) is 0 Å². The van der Waals surface area contributed by atoms with Crippen LogP contribution in [0.15, 0.2) is 44.3 Å². The molecule has 0 saturated heterocycles. The average molecular weight is 465 g/mol. The van der Waals surface area contributed by atoms with Crippen molar-refractivity contribution < 1.29 is 14.8 Å². The molecule has 0 radical (unpaired) electrons. The molecule has 0 saturated carbocycles. The first kappa shape index (κ1) is 16.0. The predicted octanol–water partition coefficient (Wildman–Crippen LogP) is 4.62. The Kier molecular flexibility index (Phi) is 3.51. The van der Waals surface area contributed by atoms with Gasteiger partial charge in [-0.15, -0.1) is 0 Å². The van der Waals surface area contributed by atoms with E-state index in [1.165, 1.54) is 12.1 Å². The second-order valence-electron chi connectivity index (χ2n) is 5.41. The first-order valence-electron chi connectivity index (χ1n) is 6.98. The normalized spacial score (nSPS) is 13.2. The van der Waals surface area contributed by atoms with Crippen LogP contribution in [0.4, 0.5) is 11.4 Å². The summed E-state index contributed by atoms with van der Waals surface area (Å²) < 4.78 is 1.14. The summed E-state index contributed by atoms with van der Waals surface area (Å²) in [5.74, 6) is -0.620. The van der Waals surface area contributed by atoms with Crippen LogP contribution in [0.3, 0.4) is 0 Å². The molecule has 0 atom stereocenters. The third-order valence-corrected chi connectivity index (χ3v) is 5.04. The van der Waals surface area contributed by atoms with Crippen molar-refractivity contribution in [3.8, 4) is 5.88 Å². The zero-order chi connectivity index (χ0) is 17.9. The fourth-order valence-electron chi connectivity index (χ4n) is 2.83. The first-order valence-corrected chi connectivity index (χ1v) is 8.57. The Morgan fingerprint density at radius 2 is 1.96 bits per heavy atom. The fraction of sp³-hybridized carbons (Fsp3) is 0. The second-order valence-corrected chi connectivity index (χ2v) is 7.18.